The van der Waals surface area contributed by atoms with Gasteiger partial charge in [-0.3, -0.25) is 0 Å². The molecule has 1 nitrogen and oxygen atoms in total. The molecule has 0 aliphatic rings. The molecule has 6 aromatic carbocycles. The summed E-state index contributed by atoms with van der Waals surface area (Å²) < 4.78 is 0. The molecule has 0 amide bonds. The summed E-state index contributed by atoms with van der Waals surface area (Å²) >= 11 is 0. The molecule has 196 valence electrons. The average Bonchev–Trinajstić information content (AvgIpc) is 3.74. The molecule has 0 saturated heterocycles. The van der Waals surface area contributed by atoms with Gasteiger partial charge >= 0.3 is 0 Å². The largest absolute Gasteiger partial charge is 0.565 e. The van der Waals surface area contributed by atoms with Gasteiger partial charge < -0.3 is 64.8 Å². The van der Waals surface area contributed by atoms with Gasteiger partial charge in [0, 0.05) is 34.1 Å². The maximum Gasteiger partial charge on any atom is 0.0602 e. The third kappa shape index (κ3) is 9.67. The molecule has 0 aromatic heterocycles. The van der Waals surface area contributed by atoms with Crippen molar-refractivity contribution in [3.8, 4) is 11.1 Å². The molecule has 1 atom stereocenters. The zero-order chi connectivity index (χ0) is 24.1. The van der Waals surface area contributed by atoms with E-state index in [0.29, 0.717) is 0 Å². The summed E-state index contributed by atoms with van der Waals surface area (Å²) in [6.07, 6.45) is 0.560. The molecule has 0 radical (unpaired) electrons. The Balaban J connectivity index is 0.000000191. The van der Waals surface area contributed by atoms with Gasteiger partial charge in [-0.15, -0.1) is 5.56 Å². The first-order chi connectivity index (χ1) is 17.3. The first kappa shape index (κ1) is 30.1. The number of aliphatic hydroxyl groups is 1. The molecule has 1 unspecified atom stereocenters. The van der Waals surface area contributed by atoms with Crippen molar-refractivity contribution in [1.29, 1.82) is 0 Å². The molecule has 0 aliphatic carbocycles. The molecule has 0 heterocycles. The van der Waals surface area contributed by atoms with Gasteiger partial charge in [0.25, 0.3) is 0 Å². The van der Waals surface area contributed by atoms with Gasteiger partial charge in [0.2, 0.25) is 0 Å². The monoisotopic (exact) mass is 566 g/mol. The molecular formula is C34H30Fe2O-8. The third-order valence-electron chi connectivity index (χ3n) is 5.76. The molecule has 1 N–H and O–H groups in total. The van der Waals surface area contributed by atoms with E-state index in [9.17, 15) is 5.11 Å². The van der Waals surface area contributed by atoms with E-state index in [-0.39, 0.29) is 34.1 Å². The summed E-state index contributed by atoms with van der Waals surface area (Å²) in [6.45, 7) is 0. The summed E-state index contributed by atoms with van der Waals surface area (Å²) in [7, 11) is 0. The third-order valence-corrected chi connectivity index (χ3v) is 5.76. The Bertz CT molecular complexity index is 1250. The van der Waals surface area contributed by atoms with Crippen LogP contribution in [-0.2, 0) is 40.6 Å². The zero-order valence-corrected chi connectivity index (χ0v) is 22.7. The van der Waals surface area contributed by atoms with Gasteiger partial charge in [0.05, 0.1) is 6.10 Å². The number of benzene rings is 2. The van der Waals surface area contributed by atoms with Gasteiger partial charge in [0.15, 0.2) is 0 Å². The maximum absolute atomic E-state index is 9.88. The maximum atomic E-state index is 9.88. The molecule has 0 saturated carbocycles. The second-order valence-electron chi connectivity index (χ2n) is 8.33. The van der Waals surface area contributed by atoms with E-state index in [0.717, 1.165) is 17.5 Å². The average molecular weight is 566 g/mol. The summed E-state index contributed by atoms with van der Waals surface area (Å²) in [6, 6.07) is 53.1. The van der Waals surface area contributed by atoms with Crippen molar-refractivity contribution in [2.75, 3.05) is 0 Å². The Hall–Kier alpha value is -3.16. The van der Waals surface area contributed by atoms with E-state index in [2.05, 4.69) is 103 Å². The SMILES string of the molecule is OC(c1ccccc1)[c-]1cccc1.[Fe].[Fe].c1cc[c-](-[c-]2[cH-][cH-][cH-][cH-]2)c1.c1ccc(C[c-]2cccc2)cc1. The molecule has 6 aromatic rings. The molecule has 0 fully saturated rings. The minimum atomic E-state index is -0.490. The van der Waals surface area contributed by atoms with Crippen molar-refractivity contribution in [3.05, 3.63) is 180 Å². The molecule has 6 rings (SSSR count). The van der Waals surface area contributed by atoms with Crippen LogP contribution in [0.1, 0.15) is 28.4 Å². The first-order valence-electron chi connectivity index (χ1n) is 11.9. The molecule has 0 spiro atoms. The number of hydrogen-bond donors (Lipinski definition) is 1. The topological polar surface area (TPSA) is 20.2 Å². The van der Waals surface area contributed by atoms with Crippen LogP contribution in [0, 0.1) is 0 Å². The van der Waals surface area contributed by atoms with E-state index in [1.807, 2.05) is 54.6 Å². The standard InChI is InChI=1S/C12H11O.C12H11.C10H8.2Fe/c13-12(11-8-4-5-9-11)10-6-2-1-3-7-10;1-2-6-11(7-3-1)10-12-8-4-5-9-12;1-2-6-9(5-1)10-7-3-4-8-10;;/h1-9,12-13H;1-9H,10H2;1-8H;;/q2*-1;-6;;. The van der Waals surface area contributed by atoms with Crippen LogP contribution >= 0.6 is 0 Å². The van der Waals surface area contributed by atoms with Crippen LogP contribution in [0.3, 0.4) is 0 Å². The summed E-state index contributed by atoms with van der Waals surface area (Å²) in [5.41, 5.74) is 7.28. The Kier molecular flexibility index (Phi) is 13.5. The second kappa shape index (κ2) is 16.6. The van der Waals surface area contributed by atoms with Crippen LogP contribution in [0.15, 0.2) is 158 Å². The van der Waals surface area contributed by atoms with Crippen LogP contribution in [-0.4, -0.2) is 5.11 Å². The first-order valence-corrected chi connectivity index (χ1v) is 11.9. The Labute approximate surface area is 241 Å². The predicted octanol–water partition coefficient (Wildman–Crippen LogP) is 8.27. The molecule has 0 bridgehead atoms. The van der Waals surface area contributed by atoms with E-state index in [1.165, 1.54) is 22.3 Å². The Morgan fingerprint density at radius 1 is 0.595 bits per heavy atom. The van der Waals surface area contributed by atoms with Crippen molar-refractivity contribution in [3.63, 3.8) is 0 Å². The predicted molar refractivity (Wildman–Crippen MR) is 147 cm³/mol. The Morgan fingerprint density at radius 3 is 1.65 bits per heavy atom. The number of aliphatic hydroxyl groups excluding tert-OH is 1. The van der Waals surface area contributed by atoms with Gasteiger partial charge in [0.1, 0.15) is 0 Å². The van der Waals surface area contributed by atoms with Crippen molar-refractivity contribution in [1.82, 2.24) is 0 Å². The number of rotatable bonds is 5. The van der Waals surface area contributed by atoms with Crippen LogP contribution in [0.2, 0.25) is 0 Å². The van der Waals surface area contributed by atoms with E-state index < -0.39 is 6.10 Å². The van der Waals surface area contributed by atoms with Gasteiger partial charge in [-0.25, -0.2) is 24.3 Å². The van der Waals surface area contributed by atoms with Gasteiger partial charge in [-0.1, -0.05) is 66.2 Å². The molecular weight excluding hydrogens is 536 g/mol. The fourth-order valence-corrected chi connectivity index (χ4v) is 3.90. The minimum absolute atomic E-state index is 0. The van der Waals surface area contributed by atoms with Crippen LogP contribution in [0.4, 0.5) is 0 Å². The fourth-order valence-electron chi connectivity index (χ4n) is 3.90. The minimum Gasteiger partial charge on any atom is -0.565 e. The van der Waals surface area contributed by atoms with E-state index in [4.69, 9.17) is 0 Å². The molecule has 3 heteroatoms. The molecule has 37 heavy (non-hydrogen) atoms. The van der Waals surface area contributed by atoms with Crippen molar-refractivity contribution >= 4 is 0 Å². The van der Waals surface area contributed by atoms with Crippen LogP contribution in [0.5, 0.6) is 0 Å². The van der Waals surface area contributed by atoms with Crippen LogP contribution < -0.4 is 0 Å². The second-order valence-corrected chi connectivity index (χ2v) is 8.33. The Morgan fingerprint density at radius 2 is 1.08 bits per heavy atom. The smallest absolute Gasteiger partial charge is 0.0602 e. The summed E-state index contributed by atoms with van der Waals surface area (Å²) in [5.74, 6) is 0. The van der Waals surface area contributed by atoms with Crippen molar-refractivity contribution < 1.29 is 39.2 Å². The zero-order valence-electron chi connectivity index (χ0n) is 20.4. The normalized spacial score (nSPS) is 10.4. The van der Waals surface area contributed by atoms with Crippen molar-refractivity contribution in [2.24, 2.45) is 0 Å². The molecule has 0 aliphatic heterocycles. The number of hydrogen-bond acceptors (Lipinski definition) is 1. The van der Waals surface area contributed by atoms with Crippen molar-refractivity contribution in [2.45, 2.75) is 12.5 Å². The van der Waals surface area contributed by atoms with Gasteiger partial charge in [-0.2, -0.15) is 29.8 Å². The quantitative estimate of drug-likeness (QED) is 0.165. The van der Waals surface area contributed by atoms with Crippen LogP contribution in [0.25, 0.3) is 11.1 Å². The fraction of sp³-hybridized carbons (Fsp3) is 0.0588. The summed E-state index contributed by atoms with van der Waals surface area (Å²) in [4.78, 5) is 0. The van der Waals surface area contributed by atoms with E-state index >= 15 is 0 Å². The van der Waals surface area contributed by atoms with Gasteiger partial charge in [-0.05, 0) is 12.0 Å². The summed E-state index contributed by atoms with van der Waals surface area (Å²) in [5, 5.41) is 9.88. The van der Waals surface area contributed by atoms with E-state index in [1.54, 1.807) is 0 Å².